The molecule has 1 aliphatic rings. The van der Waals surface area contributed by atoms with Gasteiger partial charge in [-0.2, -0.15) is 0 Å². The van der Waals surface area contributed by atoms with Crippen LogP contribution in [0.1, 0.15) is 25.0 Å². The molecule has 10 rings (SSSR count). The number of hydrogen-bond acceptors (Lipinski definition) is 2. The zero-order valence-electron chi connectivity index (χ0n) is 28.6. The third-order valence-corrected chi connectivity index (χ3v) is 10.9. The van der Waals surface area contributed by atoms with Gasteiger partial charge in [0.2, 0.25) is 0 Å². The van der Waals surface area contributed by atoms with Crippen LogP contribution in [0.25, 0.3) is 66.1 Å². The second-order valence-electron chi connectivity index (χ2n) is 14.1. The van der Waals surface area contributed by atoms with Crippen molar-refractivity contribution < 1.29 is 4.42 Å². The monoisotopic (exact) mass is 653 g/mol. The molecule has 0 spiro atoms. The van der Waals surface area contributed by atoms with Gasteiger partial charge in [-0.15, -0.1) is 0 Å². The van der Waals surface area contributed by atoms with E-state index in [1.807, 2.05) is 6.07 Å². The topological polar surface area (TPSA) is 16.4 Å². The highest BCUT2D eigenvalue weighted by Gasteiger charge is 2.37. The summed E-state index contributed by atoms with van der Waals surface area (Å²) in [6.45, 7) is 4.72. The van der Waals surface area contributed by atoms with Gasteiger partial charge >= 0.3 is 0 Å². The molecule has 0 atom stereocenters. The number of rotatable bonds is 5. The molecule has 9 aromatic rings. The van der Waals surface area contributed by atoms with Gasteiger partial charge in [0.05, 0.1) is 11.4 Å². The number of fused-ring (bicyclic) bond motifs is 7. The Hall–Kier alpha value is -6.38. The Morgan fingerprint density at radius 1 is 0.431 bits per heavy atom. The van der Waals surface area contributed by atoms with Crippen molar-refractivity contribution in [2.45, 2.75) is 19.3 Å². The Labute approximate surface area is 297 Å². The standard InChI is InChI=1S/C49H35NO/c1-49(2)43-24-8-5-17-37(43)40-21-12-20-36(47(40)49)33-28-30-34(31-29-33)50(44-26-11-15-32-14-3-4-16-35(32)44)45-25-9-6-18-38(45)41-22-13-23-42-39-19-7-10-27-46(39)51-48(41)42/h3-31H,1-2H3. The molecule has 2 heteroatoms. The number of hydrogen-bond donors (Lipinski definition) is 0. The molecule has 0 N–H and O–H groups in total. The molecule has 8 aromatic carbocycles. The molecule has 0 radical (unpaired) electrons. The molecule has 51 heavy (non-hydrogen) atoms. The van der Waals surface area contributed by atoms with E-state index in [1.165, 1.54) is 44.2 Å². The summed E-state index contributed by atoms with van der Waals surface area (Å²) in [6.07, 6.45) is 0. The van der Waals surface area contributed by atoms with E-state index in [9.17, 15) is 0 Å². The Balaban J connectivity index is 1.17. The van der Waals surface area contributed by atoms with Crippen LogP contribution in [0.3, 0.4) is 0 Å². The summed E-state index contributed by atoms with van der Waals surface area (Å²) in [5.41, 5.74) is 15.2. The second kappa shape index (κ2) is 11.3. The van der Waals surface area contributed by atoms with E-state index >= 15 is 0 Å². The lowest BCUT2D eigenvalue weighted by Crippen LogP contribution is -2.16. The van der Waals surface area contributed by atoms with Gasteiger partial charge in [-0.25, -0.2) is 0 Å². The van der Waals surface area contributed by atoms with Crippen molar-refractivity contribution in [3.05, 3.63) is 187 Å². The molecule has 0 aliphatic heterocycles. The van der Waals surface area contributed by atoms with Gasteiger partial charge in [0.1, 0.15) is 11.2 Å². The number of anilines is 3. The minimum absolute atomic E-state index is 0.0905. The van der Waals surface area contributed by atoms with Crippen molar-refractivity contribution in [1.82, 2.24) is 0 Å². The van der Waals surface area contributed by atoms with Crippen molar-refractivity contribution in [2.24, 2.45) is 0 Å². The van der Waals surface area contributed by atoms with Gasteiger partial charge in [0.25, 0.3) is 0 Å². The summed E-state index contributed by atoms with van der Waals surface area (Å²) in [6, 6.07) is 63.5. The van der Waals surface area contributed by atoms with Crippen LogP contribution in [0.5, 0.6) is 0 Å². The van der Waals surface area contributed by atoms with E-state index in [1.54, 1.807) is 0 Å². The molecule has 2 nitrogen and oxygen atoms in total. The molecule has 0 bridgehead atoms. The average molecular weight is 654 g/mol. The van der Waals surface area contributed by atoms with Crippen LogP contribution in [-0.4, -0.2) is 0 Å². The highest BCUT2D eigenvalue weighted by Crippen LogP contribution is 2.52. The van der Waals surface area contributed by atoms with E-state index in [2.05, 4.69) is 189 Å². The maximum atomic E-state index is 6.58. The van der Waals surface area contributed by atoms with E-state index in [0.717, 1.165) is 50.1 Å². The van der Waals surface area contributed by atoms with E-state index in [0.29, 0.717) is 0 Å². The number of para-hydroxylation sites is 3. The Kier molecular flexibility index (Phi) is 6.56. The number of benzene rings is 8. The molecular formula is C49H35NO. The predicted molar refractivity (Wildman–Crippen MR) is 214 cm³/mol. The SMILES string of the molecule is CC1(C)c2ccccc2-c2cccc(-c3ccc(N(c4ccccc4-c4cccc5c4oc4ccccc45)c4cccc5ccccc45)cc3)c21. The lowest BCUT2D eigenvalue weighted by molar-refractivity contribution is 0.662. The van der Waals surface area contributed by atoms with Crippen molar-refractivity contribution in [3.63, 3.8) is 0 Å². The fraction of sp³-hybridized carbons (Fsp3) is 0.0612. The van der Waals surface area contributed by atoms with Crippen LogP contribution in [-0.2, 0) is 5.41 Å². The summed E-state index contributed by atoms with van der Waals surface area (Å²) in [5.74, 6) is 0. The normalized spacial score (nSPS) is 13.1. The minimum atomic E-state index is -0.0905. The maximum Gasteiger partial charge on any atom is 0.143 e. The molecule has 0 saturated heterocycles. The minimum Gasteiger partial charge on any atom is -0.455 e. The highest BCUT2D eigenvalue weighted by molar-refractivity contribution is 6.11. The molecular weight excluding hydrogens is 619 g/mol. The molecule has 0 amide bonds. The molecule has 242 valence electrons. The molecule has 0 unspecified atom stereocenters. The quantitative estimate of drug-likeness (QED) is 0.184. The second-order valence-corrected chi connectivity index (χ2v) is 14.1. The van der Waals surface area contributed by atoms with E-state index in [4.69, 9.17) is 4.42 Å². The molecule has 0 fully saturated rings. The van der Waals surface area contributed by atoms with Crippen LogP contribution >= 0.6 is 0 Å². The third kappa shape index (κ3) is 4.50. The van der Waals surface area contributed by atoms with Crippen LogP contribution < -0.4 is 4.90 Å². The Bertz CT molecular complexity index is 2780. The lowest BCUT2D eigenvalue weighted by Gasteiger charge is -2.29. The third-order valence-electron chi connectivity index (χ3n) is 10.9. The van der Waals surface area contributed by atoms with Crippen molar-refractivity contribution in [2.75, 3.05) is 4.90 Å². The number of furan rings is 1. The smallest absolute Gasteiger partial charge is 0.143 e. The summed E-state index contributed by atoms with van der Waals surface area (Å²) < 4.78 is 6.58. The van der Waals surface area contributed by atoms with Gasteiger partial charge in [-0.1, -0.05) is 159 Å². The molecule has 1 aromatic heterocycles. The van der Waals surface area contributed by atoms with E-state index < -0.39 is 0 Å². The predicted octanol–water partition coefficient (Wildman–Crippen LogP) is 13.8. The van der Waals surface area contributed by atoms with Crippen molar-refractivity contribution in [3.8, 4) is 33.4 Å². The first-order valence-corrected chi connectivity index (χ1v) is 17.7. The fourth-order valence-corrected chi connectivity index (χ4v) is 8.55. The Morgan fingerprint density at radius 3 is 1.90 bits per heavy atom. The van der Waals surface area contributed by atoms with E-state index in [-0.39, 0.29) is 5.41 Å². The number of nitrogens with zero attached hydrogens (tertiary/aromatic N) is 1. The average Bonchev–Trinajstić information content (AvgIpc) is 3.68. The summed E-state index contributed by atoms with van der Waals surface area (Å²) in [5, 5.41) is 4.66. The summed E-state index contributed by atoms with van der Waals surface area (Å²) in [7, 11) is 0. The Morgan fingerprint density at radius 2 is 1.02 bits per heavy atom. The van der Waals surface area contributed by atoms with Crippen molar-refractivity contribution >= 4 is 49.8 Å². The molecule has 1 heterocycles. The van der Waals surface area contributed by atoms with Crippen LogP contribution in [0.2, 0.25) is 0 Å². The summed E-state index contributed by atoms with van der Waals surface area (Å²) in [4.78, 5) is 2.41. The fourth-order valence-electron chi connectivity index (χ4n) is 8.55. The highest BCUT2D eigenvalue weighted by atomic mass is 16.3. The van der Waals surface area contributed by atoms with Gasteiger partial charge in [-0.3, -0.25) is 0 Å². The van der Waals surface area contributed by atoms with Crippen LogP contribution in [0.4, 0.5) is 17.1 Å². The van der Waals surface area contributed by atoms with Gasteiger partial charge in [0.15, 0.2) is 0 Å². The molecule has 0 saturated carbocycles. The maximum absolute atomic E-state index is 6.58. The van der Waals surface area contributed by atoms with Crippen LogP contribution in [0.15, 0.2) is 180 Å². The zero-order chi connectivity index (χ0) is 34.1. The van der Waals surface area contributed by atoms with Crippen LogP contribution in [0, 0.1) is 0 Å². The first kappa shape index (κ1) is 29.5. The van der Waals surface area contributed by atoms with Crippen molar-refractivity contribution in [1.29, 1.82) is 0 Å². The first-order chi connectivity index (χ1) is 25.1. The van der Waals surface area contributed by atoms with Gasteiger partial charge in [0, 0.05) is 38.4 Å². The van der Waals surface area contributed by atoms with Gasteiger partial charge in [-0.05, 0) is 69.1 Å². The molecule has 1 aliphatic carbocycles. The first-order valence-electron chi connectivity index (χ1n) is 17.7. The largest absolute Gasteiger partial charge is 0.455 e. The zero-order valence-corrected chi connectivity index (χ0v) is 28.6. The summed E-state index contributed by atoms with van der Waals surface area (Å²) >= 11 is 0. The lowest BCUT2D eigenvalue weighted by atomic mass is 9.79. The van der Waals surface area contributed by atoms with Gasteiger partial charge < -0.3 is 9.32 Å².